The van der Waals surface area contributed by atoms with E-state index in [1.54, 1.807) is 19.2 Å². The van der Waals surface area contributed by atoms with E-state index in [0.29, 0.717) is 5.69 Å². The summed E-state index contributed by atoms with van der Waals surface area (Å²) in [6.07, 6.45) is 1.55. The van der Waals surface area contributed by atoms with Gasteiger partial charge in [-0.05, 0) is 41.6 Å². The maximum Gasteiger partial charge on any atom is 0.305 e. The Labute approximate surface area is 95.7 Å². The summed E-state index contributed by atoms with van der Waals surface area (Å²) in [5.41, 5.74) is 5.53. The molecule has 0 spiro atoms. The van der Waals surface area contributed by atoms with E-state index in [9.17, 15) is 4.79 Å². The molecule has 0 aliphatic heterocycles. The molecule has 0 fully saturated rings. The number of halogens is 1. The van der Waals surface area contributed by atoms with Crippen LogP contribution in [-0.2, 0) is 10.3 Å². The normalized spacial score (nSPS) is 14.8. The number of rotatable bonds is 3. The Hall–Kier alpha value is -0.690. The molecule has 76 valence electrons. The van der Waals surface area contributed by atoms with E-state index in [-0.39, 0.29) is 6.42 Å². The van der Waals surface area contributed by atoms with Gasteiger partial charge >= 0.3 is 5.97 Å². The van der Waals surface area contributed by atoms with Crippen molar-refractivity contribution in [3.8, 4) is 0 Å². The number of aliphatic carboxylic acids is 1. The van der Waals surface area contributed by atoms with E-state index in [1.165, 1.54) is 0 Å². The van der Waals surface area contributed by atoms with Crippen molar-refractivity contribution in [1.82, 2.24) is 4.98 Å². The van der Waals surface area contributed by atoms with Crippen molar-refractivity contribution < 1.29 is 9.90 Å². The predicted octanol–water partition coefficient (Wildman–Crippen LogP) is 1.33. The lowest BCUT2D eigenvalue weighted by atomic mass is 9.94. The highest BCUT2D eigenvalue weighted by Gasteiger charge is 2.25. The smallest absolute Gasteiger partial charge is 0.305 e. The molecule has 0 aromatic carbocycles. The third-order valence-corrected chi connectivity index (χ3v) is 2.47. The molecule has 1 atom stereocenters. The van der Waals surface area contributed by atoms with Crippen LogP contribution in [-0.4, -0.2) is 16.1 Å². The van der Waals surface area contributed by atoms with E-state index in [2.05, 4.69) is 27.6 Å². The molecule has 1 aromatic heterocycles. The molecule has 14 heavy (non-hydrogen) atoms. The van der Waals surface area contributed by atoms with Gasteiger partial charge < -0.3 is 10.8 Å². The summed E-state index contributed by atoms with van der Waals surface area (Å²) in [4.78, 5) is 14.7. The minimum Gasteiger partial charge on any atom is -0.481 e. The average molecular weight is 306 g/mol. The molecule has 0 unspecified atom stereocenters. The fraction of sp³-hybridized carbons (Fsp3) is 0.333. The maximum absolute atomic E-state index is 10.5. The van der Waals surface area contributed by atoms with Crippen LogP contribution in [0.15, 0.2) is 18.3 Å². The summed E-state index contributed by atoms with van der Waals surface area (Å²) < 4.78 is 0.998. The van der Waals surface area contributed by atoms with Crippen molar-refractivity contribution >= 4 is 28.6 Å². The zero-order chi connectivity index (χ0) is 10.8. The molecule has 1 aromatic rings. The molecule has 3 N–H and O–H groups in total. The standard InChI is InChI=1S/C9H11IN2O2/c1-9(11,4-8(13)14)7-3-2-6(10)5-12-7/h2-3,5H,4,11H2,1H3,(H,13,14)/t9-/m1/s1. The van der Waals surface area contributed by atoms with Gasteiger partial charge in [0, 0.05) is 9.77 Å². The number of aromatic nitrogens is 1. The summed E-state index contributed by atoms with van der Waals surface area (Å²) in [6.45, 7) is 1.66. The molecule has 0 bridgehead atoms. The summed E-state index contributed by atoms with van der Waals surface area (Å²) in [6, 6.07) is 3.61. The van der Waals surface area contributed by atoms with Crippen LogP contribution in [0.25, 0.3) is 0 Å². The van der Waals surface area contributed by atoms with Gasteiger partial charge in [-0.2, -0.15) is 0 Å². The third-order valence-electron chi connectivity index (χ3n) is 1.83. The number of hydrogen-bond acceptors (Lipinski definition) is 3. The number of hydrogen-bond donors (Lipinski definition) is 2. The van der Waals surface area contributed by atoms with Crippen LogP contribution in [0.3, 0.4) is 0 Å². The number of nitrogens with two attached hydrogens (primary N) is 1. The Kier molecular flexibility index (Phi) is 3.43. The zero-order valence-electron chi connectivity index (χ0n) is 7.70. The van der Waals surface area contributed by atoms with Gasteiger partial charge in [-0.25, -0.2) is 0 Å². The average Bonchev–Trinajstić information content (AvgIpc) is 2.02. The Morgan fingerprint density at radius 3 is 2.79 bits per heavy atom. The fourth-order valence-corrected chi connectivity index (χ4v) is 1.44. The minimum atomic E-state index is -0.921. The van der Waals surface area contributed by atoms with Crippen LogP contribution in [0.5, 0.6) is 0 Å². The summed E-state index contributed by atoms with van der Waals surface area (Å²) >= 11 is 2.13. The highest BCUT2D eigenvalue weighted by Crippen LogP contribution is 2.19. The first kappa shape index (κ1) is 11.4. The lowest BCUT2D eigenvalue weighted by molar-refractivity contribution is -0.138. The molecular formula is C9H11IN2O2. The molecule has 0 radical (unpaired) electrons. The summed E-state index contributed by atoms with van der Waals surface area (Å²) in [5, 5.41) is 8.66. The second-order valence-corrected chi connectivity index (χ2v) is 4.60. The molecule has 0 aliphatic rings. The van der Waals surface area contributed by atoms with Crippen molar-refractivity contribution in [3.05, 3.63) is 27.6 Å². The molecular weight excluding hydrogens is 295 g/mol. The van der Waals surface area contributed by atoms with E-state index in [1.807, 2.05) is 6.07 Å². The van der Waals surface area contributed by atoms with Crippen LogP contribution >= 0.6 is 22.6 Å². The lowest BCUT2D eigenvalue weighted by Gasteiger charge is -2.21. The van der Waals surface area contributed by atoms with Crippen LogP contribution < -0.4 is 5.73 Å². The maximum atomic E-state index is 10.5. The molecule has 0 aliphatic carbocycles. The van der Waals surface area contributed by atoms with Gasteiger partial charge in [0.25, 0.3) is 0 Å². The van der Waals surface area contributed by atoms with Crippen molar-refractivity contribution in [2.24, 2.45) is 5.73 Å². The molecule has 4 nitrogen and oxygen atoms in total. The molecule has 0 saturated carbocycles. The second kappa shape index (κ2) is 4.22. The fourth-order valence-electron chi connectivity index (χ4n) is 1.12. The number of carboxylic acids is 1. The third kappa shape index (κ3) is 2.91. The van der Waals surface area contributed by atoms with E-state index in [4.69, 9.17) is 10.8 Å². The monoisotopic (exact) mass is 306 g/mol. The quantitative estimate of drug-likeness (QED) is 0.826. The summed E-state index contributed by atoms with van der Waals surface area (Å²) in [5.74, 6) is -0.921. The predicted molar refractivity (Wildman–Crippen MR) is 60.7 cm³/mol. The highest BCUT2D eigenvalue weighted by molar-refractivity contribution is 14.1. The van der Waals surface area contributed by atoms with E-state index >= 15 is 0 Å². The van der Waals surface area contributed by atoms with Gasteiger partial charge in [0.1, 0.15) is 0 Å². The number of pyridine rings is 1. The lowest BCUT2D eigenvalue weighted by Crippen LogP contribution is -2.36. The van der Waals surface area contributed by atoms with Gasteiger partial charge in [-0.1, -0.05) is 0 Å². The Morgan fingerprint density at radius 2 is 2.36 bits per heavy atom. The van der Waals surface area contributed by atoms with Crippen molar-refractivity contribution in [3.63, 3.8) is 0 Å². The topological polar surface area (TPSA) is 76.2 Å². The van der Waals surface area contributed by atoms with Crippen LogP contribution in [0, 0.1) is 3.57 Å². The molecule has 0 saturated heterocycles. The van der Waals surface area contributed by atoms with E-state index in [0.717, 1.165) is 3.57 Å². The first-order valence-electron chi connectivity index (χ1n) is 4.04. The highest BCUT2D eigenvalue weighted by atomic mass is 127. The van der Waals surface area contributed by atoms with Gasteiger partial charge in [-0.3, -0.25) is 9.78 Å². The molecule has 5 heteroatoms. The van der Waals surface area contributed by atoms with Crippen LogP contribution in [0.1, 0.15) is 19.0 Å². The Morgan fingerprint density at radius 1 is 1.71 bits per heavy atom. The van der Waals surface area contributed by atoms with Crippen LogP contribution in [0.2, 0.25) is 0 Å². The summed E-state index contributed by atoms with van der Waals surface area (Å²) in [7, 11) is 0. The van der Waals surface area contributed by atoms with Crippen LogP contribution in [0.4, 0.5) is 0 Å². The number of carbonyl (C=O) groups is 1. The molecule has 1 rings (SSSR count). The first-order valence-corrected chi connectivity index (χ1v) is 5.12. The Balaban J connectivity index is 2.91. The molecule has 0 amide bonds. The van der Waals surface area contributed by atoms with Crippen molar-refractivity contribution in [2.75, 3.05) is 0 Å². The number of nitrogens with zero attached hydrogens (tertiary/aromatic N) is 1. The Bertz CT molecular complexity index is 335. The van der Waals surface area contributed by atoms with Gasteiger partial charge in [0.2, 0.25) is 0 Å². The second-order valence-electron chi connectivity index (χ2n) is 3.35. The number of carboxylic acid groups (broad SMARTS) is 1. The van der Waals surface area contributed by atoms with E-state index < -0.39 is 11.5 Å². The van der Waals surface area contributed by atoms with Gasteiger partial charge in [-0.15, -0.1) is 0 Å². The first-order chi connectivity index (χ1) is 6.42. The largest absolute Gasteiger partial charge is 0.481 e. The molecule has 1 heterocycles. The van der Waals surface area contributed by atoms with Gasteiger partial charge in [0.05, 0.1) is 17.7 Å². The van der Waals surface area contributed by atoms with Crippen molar-refractivity contribution in [1.29, 1.82) is 0 Å². The van der Waals surface area contributed by atoms with Gasteiger partial charge in [0.15, 0.2) is 0 Å². The zero-order valence-corrected chi connectivity index (χ0v) is 9.85. The van der Waals surface area contributed by atoms with Crippen molar-refractivity contribution in [2.45, 2.75) is 18.9 Å². The minimum absolute atomic E-state index is 0.124. The SMILES string of the molecule is C[C@@](N)(CC(=O)O)c1ccc(I)cn1.